The first-order valence-corrected chi connectivity index (χ1v) is 9.19. The summed E-state index contributed by atoms with van der Waals surface area (Å²) in [5.41, 5.74) is 6.85. The molecule has 24 heavy (non-hydrogen) atoms. The molecule has 1 aromatic carbocycles. The van der Waals surface area contributed by atoms with E-state index < -0.39 is 5.54 Å². The molecular formula is C20H33N3O. The smallest absolute Gasteiger partial charge is 0.242 e. The fourth-order valence-corrected chi connectivity index (χ4v) is 3.80. The van der Waals surface area contributed by atoms with Gasteiger partial charge in [-0.05, 0) is 38.7 Å². The number of rotatable bonds is 6. The van der Waals surface area contributed by atoms with Crippen molar-refractivity contribution in [2.45, 2.75) is 70.6 Å². The van der Waals surface area contributed by atoms with Gasteiger partial charge in [0.05, 0.1) is 5.54 Å². The second-order valence-electron chi connectivity index (χ2n) is 7.57. The van der Waals surface area contributed by atoms with Crippen LogP contribution in [0, 0.1) is 0 Å². The number of nitrogens with zero attached hydrogens (tertiary/aromatic N) is 2. The molecule has 3 atom stereocenters. The van der Waals surface area contributed by atoms with Crippen LogP contribution < -0.4 is 5.73 Å². The largest absolute Gasteiger partial charge is 0.341 e. The number of hydrogen-bond donors (Lipinski definition) is 1. The quantitative estimate of drug-likeness (QED) is 0.872. The highest BCUT2D eigenvalue weighted by Crippen LogP contribution is 2.25. The second kappa shape index (κ2) is 8.13. The third-order valence-electron chi connectivity index (χ3n) is 5.34. The van der Waals surface area contributed by atoms with Gasteiger partial charge in [0.25, 0.3) is 0 Å². The van der Waals surface area contributed by atoms with Gasteiger partial charge in [0.15, 0.2) is 0 Å². The number of piperidine rings is 1. The lowest BCUT2D eigenvalue weighted by Crippen LogP contribution is -2.57. The van der Waals surface area contributed by atoms with Gasteiger partial charge in [-0.25, -0.2) is 0 Å². The summed E-state index contributed by atoms with van der Waals surface area (Å²) in [7, 11) is 1.92. The van der Waals surface area contributed by atoms with E-state index in [0.717, 1.165) is 38.8 Å². The summed E-state index contributed by atoms with van der Waals surface area (Å²) in [5.74, 6) is 0.0815. The molecular weight excluding hydrogens is 298 g/mol. The van der Waals surface area contributed by atoms with Crippen molar-refractivity contribution in [2.75, 3.05) is 13.6 Å². The van der Waals surface area contributed by atoms with Gasteiger partial charge in [-0.15, -0.1) is 0 Å². The highest BCUT2D eigenvalue weighted by atomic mass is 16.2. The van der Waals surface area contributed by atoms with Crippen molar-refractivity contribution >= 4 is 5.91 Å². The SMILES string of the molecule is CCCC(C)(N)C(=O)N(C)C1CCN(Cc2ccccc2)C(C)C1. The molecule has 0 radical (unpaired) electrons. The maximum absolute atomic E-state index is 12.7. The summed E-state index contributed by atoms with van der Waals surface area (Å²) in [6.07, 6.45) is 3.69. The minimum atomic E-state index is -0.742. The normalized spacial score (nSPS) is 24.4. The zero-order chi connectivity index (χ0) is 17.7. The molecule has 0 spiro atoms. The number of likely N-dealkylation sites (tertiary alicyclic amines) is 1. The van der Waals surface area contributed by atoms with Crippen LogP contribution >= 0.6 is 0 Å². The van der Waals surface area contributed by atoms with Crippen LogP contribution in [0.15, 0.2) is 30.3 Å². The van der Waals surface area contributed by atoms with Crippen LogP contribution in [0.5, 0.6) is 0 Å². The van der Waals surface area contributed by atoms with Gasteiger partial charge in [0.2, 0.25) is 5.91 Å². The number of benzene rings is 1. The van der Waals surface area contributed by atoms with Gasteiger partial charge >= 0.3 is 0 Å². The predicted octanol–water partition coefficient (Wildman–Crippen LogP) is 3.02. The molecule has 0 saturated carbocycles. The van der Waals surface area contributed by atoms with Crippen molar-refractivity contribution in [3.63, 3.8) is 0 Å². The van der Waals surface area contributed by atoms with Crippen LogP contribution in [-0.4, -0.2) is 46.9 Å². The van der Waals surface area contributed by atoms with Gasteiger partial charge in [-0.2, -0.15) is 0 Å². The Morgan fingerprint density at radius 1 is 1.38 bits per heavy atom. The average molecular weight is 332 g/mol. The molecule has 1 saturated heterocycles. The van der Waals surface area contributed by atoms with Crippen LogP contribution in [0.4, 0.5) is 0 Å². The molecule has 1 heterocycles. The Labute approximate surface area is 147 Å². The minimum Gasteiger partial charge on any atom is -0.341 e. The Balaban J connectivity index is 1.93. The summed E-state index contributed by atoms with van der Waals surface area (Å²) in [5, 5.41) is 0. The van der Waals surface area contributed by atoms with Crippen LogP contribution in [-0.2, 0) is 11.3 Å². The number of carbonyl (C=O) groups is 1. The van der Waals surface area contributed by atoms with Crippen molar-refractivity contribution in [3.8, 4) is 0 Å². The third kappa shape index (κ3) is 4.58. The number of nitrogens with two attached hydrogens (primary N) is 1. The zero-order valence-electron chi connectivity index (χ0n) is 15.7. The van der Waals surface area contributed by atoms with Crippen molar-refractivity contribution in [1.29, 1.82) is 0 Å². The van der Waals surface area contributed by atoms with Crippen LogP contribution in [0.1, 0.15) is 52.0 Å². The van der Waals surface area contributed by atoms with E-state index in [2.05, 4.69) is 49.1 Å². The molecule has 1 aliphatic rings. The molecule has 1 amide bonds. The Morgan fingerprint density at radius 2 is 2.04 bits per heavy atom. The molecule has 1 aliphatic heterocycles. The first-order valence-electron chi connectivity index (χ1n) is 9.19. The van der Waals surface area contributed by atoms with E-state index in [9.17, 15) is 4.79 Å². The molecule has 0 bridgehead atoms. The molecule has 3 unspecified atom stereocenters. The highest BCUT2D eigenvalue weighted by molar-refractivity contribution is 5.85. The van der Waals surface area contributed by atoms with Crippen molar-refractivity contribution in [1.82, 2.24) is 9.80 Å². The standard InChI is InChI=1S/C20H33N3O/c1-5-12-20(3,21)19(24)22(4)18-11-13-23(16(2)14-18)15-17-9-7-6-8-10-17/h6-10,16,18H,5,11-15,21H2,1-4H3. The van der Waals surface area contributed by atoms with E-state index >= 15 is 0 Å². The molecule has 0 aliphatic carbocycles. The summed E-state index contributed by atoms with van der Waals surface area (Å²) in [4.78, 5) is 17.1. The fraction of sp³-hybridized carbons (Fsp3) is 0.650. The lowest BCUT2D eigenvalue weighted by molar-refractivity contribution is -0.138. The van der Waals surface area contributed by atoms with Crippen LogP contribution in [0.2, 0.25) is 0 Å². The molecule has 0 aromatic heterocycles. The molecule has 2 rings (SSSR count). The number of hydrogen-bond acceptors (Lipinski definition) is 3. The summed E-state index contributed by atoms with van der Waals surface area (Å²) in [6.45, 7) is 8.21. The Morgan fingerprint density at radius 3 is 2.62 bits per heavy atom. The third-order valence-corrected chi connectivity index (χ3v) is 5.34. The van der Waals surface area contributed by atoms with Gasteiger partial charge in [-0.1, -0.05) is 43.7 Å². The van der Waals surface area contributed by atoms with Gasteiger partial charge in [0, 0.05) is 32.2 Å². The van der Waals surface area contributed by atoms with Crippen molar-refractivity contribution in [3.05, 3.63) is 35.9 Å². The first-order chi connectivity index (χ1) is 11.3. The van der Waals surface area contributed by atoms with E-state index in [4.69, 9.17) is 5.73 Å². The Hall–Kier alpha value is -1.39. The number of carbonyl (C=O) groups excluding carboxylic acids is 1. The lowest BCUT2D eigenvalue weighted by atomic mass is 9.92. The van der Waals surface area contributed by atoms with Crippen LogP contribution in [0.3, 0.4) is 0 Å². The monoisotopic (exact) mass is 331 g/mol. The van der Waals surface area contributed by atoms with Gasteiger partial charge in [-0.3, -0.25) is 9.69 Å². The number of amides is 1. The zero-order valence-corrected chi connectivity index (χ0v) is 15.7. The minimum absolute atomic E-state index is 0.0815. The highest BCUT2D eigenvalue weighted by Gasteiger charge is 2.36. The average Bonchev–Trinajstić information content (AvgIpc) is 2.56. The molecule has 4 heteroatoms. The molecule has 134 valence electrons. The van der Waals surface area contributed by atoms with E-state index in [1.807, 2.05) is 18.9 Å². The first kappa shape index (κ1) is 18.9. The van der Waals surface area contributed by atoms with Gasteiger partial charge < -0.3 is 10.6 Å². The second-order valence-corrected chi connectivity index (χ2v) is 7.57. The molecule has 4 nitrogen and oxygen atoms in total. The molecule has 2 N–H and O–H groups in total. The Kier molecular flexibility index (Phi) is 6.41. The topological polar surface area (TPSA) is 49.6 Å². The molecule has 1 aromatic rings. The fourth-order valence-electron chi connectivity index (χ4n) is 3.80. The van der Waals surface area contributed by atoms with E-state index in [-0.39, 0.29) is 5.91 Å². The van der Waals surface area contributed by atoms with Gasteiger partial charge in [0.1, 0.15) is 0 Å². The molecule has 1 fully saturated rings. The summed E-state index contributed by atoms with van der Waals surface area (Å²) in [6, 6.07) is 11.4. The van der Waals surface area contributed by atoms with Crippen molar-refractivity contribution < 1.29 is 4.79 Å². The Bertz CT molecular complexity index is 529. The van der Waals surface area contributed by atoms with Crippen molar-refractivity contribution in [2.24, 2.45) is 5.73 Å². The maximum atomic E-state index is 12.7. The summed E-state index contributed by atoms with van der Waals surface area (Å²) < 4.78 is 0. The van der Waals surface area contributed by atoms with E-state index in [0.29, 0.717) is 12.1 Å². The summed E-state index contributed by atoms with van der Waals surface area (Å²) >= 11 is 0. The van der Waals surface area contributed by atoms with E-state index in [1.165, 1.54) is 5.56 Å². The number of likely N-dealkylation sites (N-methyl/N-ethyl adjacent to an activating group) is 1. The van der Waals surface area contributed by atoms with Crippen LogP contribution in [0.25, 0.3) is 0 Å². The predicted molar refractivity (Wildman–Crippen MR) is 99.6 cm³/mol. The lowest BCUT2D eigenvalue weighted by Gasteiger charge is -2.43. The van der Waals surface area contributed by atoms with E-state index in [1.54, 1.807) is 0 Å². The maximum Gasteiger partial charge on any atom is 0.242 e.